The lowest BCUT2D eigenvalue weighted by atomic mass is 9.96. The number of aryl methyl sites for hydroxylation is 6. The van der Waals surface area contributed by atoms with Gasteiger partial charge in [0.05, 0.1) is 99.3 Å². The molecule has 776 valence electrons. The van der Waals surface area contributed by atoms with Crippen LogP contribution in [0.5, 0.6) is 0 Å². The number of imidazole rings is 10. The van der Waals surface area contributed by atoms with Crippen molar-refractivity contribution in [1.29, 1.82) is 0 Å². The summed E-state index contributed by atoms with van der Waals surface area (Å²) in [5.74, 6) is 4.28. The van der Waals surface area contributed by atoms with Gasteiger partial charge in [-0.1, -0.05) is 260 Å². The third-order valence-electron chi connectivity index (χ3n) is 23.3. The lowest BCUT2D eigenvalue weighted by molar-refractivity contribution is -0.136. The SMILES string of the molecule is CC(C)(C)c1nc2c(C(F)(F)F)cccc2[nH]1.CC(C)(C)c1nc2c(F)c(F)c(F)cc2[nH]1.CC(C)(C)c1nc2c(F)cc(F)cc2[nH]1.CC(C)(C)c1nc2ccc(Cl)cc2[nH]1.CC(C)(C)c1nc2ccc(Cl)cc2[nH]1.Cc1cc(C)c2nc(C(C)(C)C)[nH]c2c1.Cc1ccc2nc(C(C)(C)C)[nH]c2c1.Cc1ccc2nc(C(C)(C)C)[nH]c2c1.Cc1ccc2nc(C(C)(C)C)[nH]c2c1.Cc1ccc2nc(C(C)C)[nH]c2c1. The van der Waals surface area contributed by atoms with Crippen LogP contribution < -0.4 is 0 Å². The lowest BCUT2D eigenvalue weighted by Gasteiger charge is -2.13. The third kappa shape index (κ3) is 29.2. The van der Waals surface area contributed by atoms with Crippen LogP contribution in [0.15, 0.2) is 158 Å². The molecule has 0 atom stereocenters. The molecule has 0 saturated carbocycles. The second-order valence-electron chi connectivity index (χ2n) is 47.0. The van der Waals surface area contributed by atoms with Crippen molar-refractivity contribution >= 4 is 134 Å². The predicted molar refractivity (Wildman–Crippen MR) is 587 cm³/mol. The van der Waals surface area contributed by atoms with Crippen LogP contribution in [0.1, 0.15) is 304 Å². The number of nitrogens with zero attached hydrogens (tertiary/aromatic N) is 10. The first-order chi connectivity index (χ1) is 67.2. The summed E-state index contributed by atoms with van der Waals surface area (Å²) in [6.45, 7) is 72.9. The van der Waals surface area contributed by atoms with Crippen molar-refractivity contribution in [1.82, 2.24) is 99.7 Å². The van der Waals surface area contributed by atoms with Crippen molar-refractivity contribution < 1.29 is 35.1 Å². The summed E-state index contributed by atoms with van der Waals surface area (Å²) >= 11 is 11.8. The molecule has 0 aliphatic carbocycles. The fraction of sp³-hybridized carbons (Fsp3) is 0.397. The van der Waals surface area contributed by atoms with Crippen LogP contribution in [0, 0.1) is 70.6 Å². The summed E-state index contributed by atoms with van der Waals surface area (Å²) in [4.78, 5) is 76.1. The molecule has 10 aromatic heterocycles. The van der Waals surface area contributed by atoms with Crippen LogP contribution in [0.25, 0.3) is 110 Å². The number of nitrogens with one attached hydrogen (secondary N) is 10. The lowest BCUT2D eigenvalue weighted by Crippen LogP contribution is -2.13. The van der Waals surface area contributed by atoms with Gasteiger partial charge in [0.1, 0.15) is 80.6 Å². The molecule has 10 aromatic carbocycles. The number of aromatic amines is 10. The fourth-order valence-corrected chi connectivity index (χ4v) is 15.1. The van der Waals surface area contributed by atoms with E-state index in [9.17, 15) is 35.1 Å². The molecule has 0 saturated heterocycles. The Hall–Kier alpha value is -13.1. The first-order valence-electron chi connectivity index (χ1n) is 48.9. The molecule has 10 N–H and O–H groups in total. The topological polar surface area (TPSA) is 287 Å². The quantitative estimate of drug-likeness (QED) is 0.0548. The minimum Gasteiger partial charge on any atom is -0.342 e. The van der Waals surface area contributed by atoms with E-state index in [2.05, 4.69) is 365 Å². The van der Waals surface area contributed by atoms with E-state index in [1.54, 1.807) is 6.07 Å². The van der Waals surface area contributed by atoms with Gasteiger partial charge in [-0.05, 0) is 184 Å². The Bertz CT molecular complexity index is 7340. The summed E-state index contributed by atoms with van der Waals surface area (Å²) in [5.41, 5.74) is 22.5. The number of para-hydroxylation sites is 1. The molecule has 0 unspecified atom stereocenters. The van der Waals surface area contributed by atoms with E-state index in [-0.39, 0.29) is 70.8 Å². The van der Waals surface area contributed by atoms with Crippen molar-refractivity contribution in [3.63, 3.8) is 0 Å². The molecule has 0 fully saturated rings. The summed E-state index contributed by atoms with van der Waals surface area (Å²) in [5, 5.41) is 1.48. The molecular weight excluding hydrogens is 1900 g/mol. The molecule has 0 amide bonds. The van der Waals surface area contributed by atoms with E-state index in [0.29, 0.717) is 34.4 Å². The highest BCUT2D eigenvalue weighted by molar-refractivity contribution is 6.31. The summed E-state index contributed by atoms with van der Waals surface area (Å²) in [7, 11) is 0. The van der Waals surface area contributed by atoms with Gasteiger partial charge in [0.2, 0.25) is 0 Å². The second-order valence-corrected chi connectivity index (χ2v) is 47.9. The Morgan fingerprint density at radius 1 is 0.240 bits per heavy atom. The van der Waals surface area contributed by atoms with E-state index in [1.807, 2.05) is 98.7 Å². The van der Waals surface area contributed by atoms with Gasteiger partial charge in [-0.25, -0.2) is 71.8 Å². The average Bonchev–Trinajstić information content (AvgIpc) is 1.63. The Morgan fingerprint density at radius 2 is 0.514 bits per heavy atom. The zero-order chi connectivity index (χ0) is 109. The van der Waals surface area contributed by atoms with Gasteiger partial charge in [-0.2, -0.15) is 13.2 Å². The zero-order valence-corrected chi connectivity index (χ0v) is 92.4. The summed E-state index contributed by atoms with van der Waals surface area (Å²) in [6, 6.07) is 47.9. The van der Waals surface area contributed by atoms with Gasteiger partial charge in [0.25, 0.3) is 0 Å². The highest BCUT2D eigenvalue weighted by atomic mass is 35.5. The number of rotatable bonds is 1. The normalized spacial score (nSPS) is 12.3. The van der Waals surface area contributed by atoms with Gasteiger partial charge in [0.15, 0.2) is 23.3 Å². The number of H-pyrrole nitrogens is 10. The molecule has 0 aliphatic heterocycles. The molecule has 0 spiro atoms. The standard InChI is InChI=1S/C13H18N2.C12H13F3N2.3C12H16N2.2C11H13ClN2.C11H11F3N2.C11H12F2N2.C11H14N2/c1-8-6-9(2)11-10(7-8)14-12(15-11)13(3,4)5;1-11(2,3)10-16-8-6-4-5-7(9(8)17-10)12(13,14)15;3*1-8-5-6-9-10(7-8)14-11(13-9)12(2,3)4;2*1-11(2,3)10-13-8-5-4-7(12)6-9(8)14-10;1-11(2,3)10-15-6-4-5(12)7(13)8(14)9(6)16-10;1-11(2,3)10-14-8-5-6(12)4-7(13)9(8)15-10;1-7(2)11-12-9-5-4-8(3)6-10(9)13-11/h6-7H,1-5H3,(H,14,15);4-6H,1-3H3,(H,16,17);3*5-7H,1-4H3,(H,13,14);2*4-6H,1-3H3,(H,13,14);4H,1-3H3,(H,15,16);4-5H,1-3H3,(H,14,15);4-7H,1-3H3,(H,12,13). The fourth-order valence-electron chi connectivity index (χ4n) is 14.8. The minimum atomic E-state index is -4.37. The van der Waals surface area contributed by atoms with Gasteiger partial charge in [0, 0.05) is 76.8 Å². The Morgan fingerprint density at radius 3 is 0.856 bits per heavy atom. The van der Waals surface area contributed by atoms with Crippen LogP contribution in [-0.2, 0) is 54.9 Å². The third-order valence-corrected chi connectivity index (χ3v) is 23.7. The van der Waals surface area contributed by atoms with Crippen LogP contribution in [0.2, 0.25) is 10.0 Å². The van der Waals surface area contributed by atoms with Crippen molar-refractivity contribution in [3.05, 3.63) is 294 Å². The summed E-state index contributed by atoms with van der Waals surface area (Å²) < 4.78 is 104. The van der Waals surface area contributed by atoms with Gasteiger partial charge >= 0.3 is 6.18 Å². The monoisotopic (exact) mass is 2040 g/mol. The van der Waals surface area contributed by atoms with Crippen molar-refractivity contribution in [2.24, 2.45) is 0 Å². The van der Waals surface area contributed by atoms with Gasteiger partial charge < -0.3 is 49.8 Å². The first kappa shape index (κ1) is 113. The maximum Gasteiger partial charge on any atom is 0.418 e. The summed E-state index contributed by atoms with van der Waals surface area (Å²) in [6.07, 6.45) is -4.37. The van der Waals surface area contributed by atoms with E-state index in [0.717, 1.165) is 146 Å². The predicted octanol–water partition coefficient (Wildman–Crippen LogP) is 33.3. The molecule has 30 heteroatoms. The number of aromatic nitrogens is 20. The van der Waals surface area contributed by atoms with E-state index >= 15 is 0 Å². The Kier molecular flexibility index (Phi) is 33.8. The second kappa shape index (κ2) is 43.5. The van der Waals surface area contributed by atoms with E-state index in [1.165, 1.54) is 45.5 Å². The molecule has 10 heterocycles. The highest BCUT2D eigenvalue weighted by Crippen LogP contribution is 2.38. The first-order valence-corrected chi connectivity index (χ1v) is 49.6. The highest BCUT2D eigenvalue weighted by Gasteiger charge is 2.35. The Labute approximate surface area is 860 Å². The number of alkyl halides is 3. The Balaban J connectivity index is 0.000000154. The minimum absolute atomic E-state index is 0.00933. The molecule has 20 nitrogen and oxygen atoms in total. The molecule has 0 radical (unpaired) electrons. The maximum absolute atomic E-state index is 13.4. The van der Waals surface area contributed by atoms with Gasteiger partial charge in [-0.15, -0.1) is 0 Å². The van der Waals surface area contributed by atoms with Crippen LogP contribution in [-0.4, -0.2) is 99.7 Å². The number of hydrogen-bond acceptors (Lipinski definition) is 10. The molecule has 146 heavy (non-hydrogen) atoms. The van der Waals surface area contributed by atoms with Crippen LogP contribution in [0.3, 0.4) is 0 Å². The smallest absolute Gasteiger partial charge is 0.342 e. The van der Waals surface area contributed by atoms with Crippen LogP contribution >= 0.6 is 23.2 Å². The van der Waals surface area contributed by atoms with E-state index in [4.69, 9.17) is 23.2 Å². The zero-order valence-electron chi connectivity index (χ0n) is 90.8. The van der Waals surface area contributed by atoms with Crippen molar-refractivity contribution in [3.8, 4) is 0 Å². The number of hydrogen-bond donors (Lipinski definition) is 10. The molecular formula is C116H142Cl2F8N20. The number of halogens is 10. The van der Waals surface area contributed by atoms with Crippen molar-refractivity contribution in [2.75, 3.05) is 0 Å². The van der Waals surface area contributed by atoms with Crippen molar-refractivity contribution in [2.45, 2.75) is 303 Å². The van der Waals surface area contributed by atoms with Gasteiger partial charge in [-0.3, -0.25) is 0 Å². The average molecular weight is 2040 g/mol. The van der Waals surface area contributed by atoms with E-state index < -0.39 is 40.8 Å². The molecule has 20 rings (SSSR count). The largest absolute Gasteiger partial charge is 0.418 e. The molecule has 0 bridgehead atoms. The maximum atomic E-state index is 13.4. The van der Waals surface area contributed by atoms with Crippen LogP contribution in [0.4, 0.5) is 35.1 Å². The number of fused-ring (bicyclic) bond motifs is 10. The number of benzene rings is 10. The molecule has 0 aliphatic rings. The molecule has 20 aromatic rings.